The predicted octanol–water partition coefficient (Wildman–Crippen LogP) is 2.32. The molecule has 0 fully saturated rings. The summed E-state index contributed by atoms with van der Waals surface area (Å²) in [6.45, 7) is 9.32. The minimum absolute atomic E-state index is 0.00325. The number of amides is 1. The summed E-state index contributed by atoms with van der Waals surface area (Å²) in [5, 5.41) is 6.70. The molecule has 146 valence electrons. The van der Waals surface area contributed by atoms with E-state index in [-0.39, 0.29) is 12.5 Å². The molecular formula is C20H35N5O. The number of carbonyl (C=O) groups excluding carboxylic acids is 1. The molecule has 2 N–H and O–H groups in total. The van der Waals surface area contributed by atoms with Crippen molar-refractivity contribution >= 4 is 17.6 Å². The van der Waals surface area contributed by atoms with E-state index >= 15 is 0 Å². The summed E-state index contributed by atoms with van der Waals surface area (Å²) in [5.41, 5.74) is 1.25. The number of nitrogens with one attached hydrogen (secondary N) is 2. The molecule has 0 aliphatic carbocycles. The minimum atomic E-state index is -0.00325. The number of anilines is 1. The molecule has 0 heterocycles. The van der Waals surface area contributed by atoms with E-state index in [1.165, 1.54) is 5.69 Å². The first-order valence-electron chi connectivity index (χ1n) is 9.52. The fourth-order valence-corrected chi connectivity index (χ4v) is 2.36. The fraction of sp³-hybridized carbons (Fsp3) is 0.600. The molecule has 1 aromatic carbocycles. The molecule has 0 bridgehead atoms. The van der Waals surface area contributed by atoms with Crippen molar-refractivity contribution in [3.63, 3.8) is 0 Å². The number of carbonyl (C=O) groups is 1. The number of hydrogen-bond donors (Lipinski definition) is 2. The third-order valence-electron chi connectivity index (χ3n) is 4.27. The molecule has 0 spiro atoms. The van der Waals surface area contributed by atoms with Crippen LogP contribution in [0.3, 0.4) is 0 Å². The highest BCUT2D eigenvalue weighted by atomic mass is 16.2. The second kappa shape index (κ2) is 12.2. The van der Waals surface area contributed by atoms with Crippen molar-refractivity contribution in [1.82, 2.24) is 15.5 Å². The van der Waals surface area contributed by atoms with E-state index < -0.39 is 0 Å². The van der Waals surface area contributed by atoms with Gasteiger partial charge in [0.05, 0.1) is 0 Å². The van der Waals surface area contributed by atoms with Crippen LogP contribution in [0, 0.1) is 0 Å². The van der Waals surface area contributed by atoms with Gasteiger partial charge >= 0.3 is 0 Å². The van der Waals surface area contributed by atoms with E-state index in [9.17, 15) is 4.79 Å². The van der Waals surface area contributed by atoms with E-state index in [0.29, 0.717) is 12.0 Å². The molecule has 26 heavy (non-hydrogen) atoms. The maximum atomic E-state index is 11.8. The minimum Gasteiger partial charge on any atom is -0.372 e. The lowest BCUT2D eigenvalue weighted by Gasteiger charge is -2.23. The van der Waals surface area contributed by atoms with E-state index in [4.69, 9.17) is 0 Å². The molecule has 6 nitrogen and oxygen atoms in total. The molecule has 0 aliphatic rings. The number of aliphatic imine (C=N–C) groups is 1. The summed E-state index contributed by atoms with van der Waals surface area (Å²) in [6.07, 6.45) is 1.99. The summed E-state index contributed by atoms with van der Waals surface area (Å²) in [7, 11) is 3.49. The number of benzene rings is 1. The lowest BCUT2D eigenvalue weighted by molar-refractivity contribution is -0.127. The SMILES string of the molecule is CCC(C)NC(=NCC(=O)N(C)C)NCCCN(CC)c1ccccc1. The Morgan fingerprint density at radius 1 is 1.19 bits per heavy atom. The Balaban J connectivity index is 2.51. The highest BCUT2D eigenvalue weighted by molar-refractivity contribution is 5.84. The van der Waals surface area contributed by atoms with E-state index in [1.807, 2.05) is 6.07 Å². The Labute approximate surface area is 158 Å². The summed E-state index contributed by atoms with van der Waals surface area (Å²) < 4.78 is 0. The van der Waals surface area contributed by atoms with E-state index in [1.54, 1.807) is 19.0 Å². The van der Waals surface area contributed by atoms with Gasteiger partial charge in [-0.2, -0.15) is 0 Å². The maximum absolute atomic E-state index is 11.8. The number of nitrogens with zero attached hydrogens (tertiary/aromatic N) is 3. The Bertz CT molecular complexity index is 544. The van der Waals surface area contributed by atoms with Crippen molar-refractivity contribution < 1.29 is 4.79 Å². The van der Waals surface area contributed by atoms with Crippen molar-refractivity contribution in [3.8, 4) is 0 Å². The third-order valence-corrected chi connectivity index (χ3v) is 4.27. The van der Waals surface area contributed by atoms with Crippen LogP contribution in [0.1, 0.15) is 33.6 Å². The standard InChI is InChI=1S/C20H35N5O/c1-6-17(3)23-20(22-16-19(26)24(4)5)21-14-11-15-25(7-2)18-12-9-8-10-13-18/h8-10,12-13,17H,6-7,11,14-16H2,1-5H3,(H2,21,22,23). The molecule has 0 aliphatic heterocycles. The number of guanidine groups is 1. The normalized spacial score (nSPS) is 12.4. The smallest absolute Gasteiger partial charge is 0.243 e. The molecule has 1 atom stereocenters. The van der Waals surface area contributed by atoms with Gasteiger partial charge in [-0.1, -0.05) is 25.1 Å². The molecular weight excluding hydrogens is 326 g/mol. The van der Waals surface area contributed by atoms with Gasteiger partial charge in [0.25, 0.3) is 0 Å². The quantitative estimate of drug-likeness (QED) is 0.381. The van der Waals surface area contributed by atoms with Crippen LogP contribution in [-0.4, -0.2) is 63.1 Å². The average Bonchev–Trinajstić information content (AvgIpc) is 2.65. The van der Waals surface area contributed by atoms with Gasteiger partial charge in [-0.05, 0) is 38.8 Å². The Morgan fingerprint density at radius 3 is 2.46 bits per heavy atom. The zero-order valence-electron chi connectivity index (χ0n) is 17.0. The largest absolute Gasteiger partial charge is 0.372 e. The van der Waals surface area contributed by atoms with Gasteiger partial charge in [-0.3, -0.25) is 4.79 Å². The zero-order valence-corrected chi connectivity index (χ0v) is 17.0. The van der Waals surface area contributed by atoms with Gasteiger partial charge in [0.15, 0.2) is 5.96 Å². The topological polar surface area (TPSA) is 60.0 Å². The zero-order chi connectivity index (χ0) is 19.4. The predicted molar refractivity (Wildman–Crippen MR) is 111 cm³/mol. The van der Waals surface area contributed by atoms with Gasteiger partial charge in [0.2, 0.25) is 5.91 Å². The highest BCUT2D eigenvalue weighted by Crippen LogP contribution is 2.12. The molecule has 1 aromatic rings. The van der Waals surface area contributed by atoms with Crippen LogP contribution in [0.4, 0.5) is 5.69 Å². The molecule has 6 heteroatoms. The van der Waals surface area contributed by atoms with Crippen molar-refractivity contribution in [1.29, 1.82) is 0 Å². The highest BCUT2D eigenvalue weighted by Gasteiger charge is 2.07. The van der Waals surface area contributed by atoms with Crippen LogP contribution in [0.2, 0.25) is 0 Å². The lowest BCUT2D eigenvalue weighted by atomic mass is 10.2. The number of rotatable bonds is 10. The maximum Gasteiger partial charge on any atom is 0.243 e. The number of para-hydroxylation sites is 1. The fourth-order valence-electron chi connectivity index (χ4n) is 2.36. The Kier molecular flexibility index (Phi) is 10.2. The molecule has 0 aromatic heterocycles. The summed E-state index contributed by atoms with van der Waals surface area (Å²) in [4.78, 5) is 20.1. The molecule has 1 unspecified atom stereocenters. The second-order valence-electron chi connectivity index (χ2n) is 6.60. The van der Waals surface area contributed by atoms with Crippen molar-refractivity contribution in [2.24, 2.45) is 4.99 Å². The van der Waals surface area contributed by atoms with Crippen LogP contribution >= 0.6 is 0 Å². The van der Waals surface area contributed by atoms with Gasteiger partial charge in [0, 0.05) is 45.5 Å². The van der Waals surface area contributed by atoms with Crippen molar-refractivity contribution in [3.05, 3.63) is 30.3 Å². The van der Waals surface area contributed by atoms with Crippen LogP contribution in [0.5, 0.6) is 0 Å². The molecule has 1 amide bonds. The van der Waals surface area contributed by atoms with Crippen LogP contribution in [0.25, 0.3) is 0 Å². The molecule has 0 saturated heterocycles. The first-order chi connectivity index (χ1) is 12.5. The van der Waals surface area contributed by atoms with Gasteiger partial charge < -0.3 is 20.4 Å². The van der Waals surface area contributed by atoms with Gasteiger partial charge in [-0.15, -0.1) is 0 Å². The van der Waals surface area contributed by atoms with Crippen LogP contribution < -0.4 is 15.5 Å². The lowest BCUT2D eigenvalue weighted by Crippen LogP contribution is -2.43. The first kappa shape index (κ1) is 21.8. The monoisotopic (exact) mass is 361 g/mol. The van der Waals surface area contributed by atoms with Gasteiger partial charge in [-0.25, -0.2) is 4.99 Å². The number of hydrogen-bond acceptors (Lipinski definition) is 3. The van der Waals surface area contributed by atoms with Crippen LogP contribution in [0.15, 0.2) is 35.3 Å². The van der Waals surface area contributed by atoms with Crippen molar-refractivity contribution in [2.75, 3.05) is 45.2 Å². The average molecular weight is 362 g/mol. The summed E-state index contributed by atoms with van der Waals surface area (Å²) in [6, 6.07) is 10.8. The number of likely N-dealkylation sites (N-methyl/N-ethyl adjacent to an activating group) is 1. The molecule has 1 rings (SSSR count). The molecule has 0 saturated carbocycles. The van der Waals surface area contributed by atoms with Gasteiger partial charge in [0.1, 0.15) is 6.54 Å². The van der Waals surface area contributed by atoms with E-state index in [2.05, 4.69) is 65.6 Å². The van der Waals surface area contributed by atoms with Crippen molar-refractivity contribution in [2.45, 2.75) is 39.7 Å². The Morgan fingerprint density at radius 2 is 1.88 bits per heavy atom. The summed E-state index contributed by atoms with van der Waals surface area (Å²) in [5.74, 6) is 0.703. The summed E-state index contributed by atoms with van der Waals surface area (Å²) >= 11 is 0. The second-order valence-corrected chi connectivity index (χ2v) is 6.60. The van der Waals surface area contributed by atoms with E-state index in [0.717, 1.165) is 32.5 Å². The Hall–Kier alpha value is -2.24. The third kappa shape index (κ3) is 8.23. The van der Waals surface area contributed by atoms with Crippen LogP contribution in [-0.2, 0) is 4.79 Å². The molecule has 0 radical (unpaired) electrons. The first-order valence-corrected chi connectivity index (χ1v) is 9.52.